The van der Waals surface area contributed by atoms with Crippen LogP contribution in [0.4, 0.5) is 22.0 Å². The van der Waals surface area contributed by atoms with Gasteiger partial charge in [0.1, 0.15) is 66.1 Å². The molecule has 2 saturated heterocycles. The maximum absolute atomic E-state index is 15.5. The molecular formula is C77H123F5N12O12. The number of carbonyl (C=O) groups excluding carboxylic acids is 12. The molecule has 3 N–H and O–H groups in total. The molecule has 12 amide bonds. The van der Waals surface area contributed by atoms with Crippen molar-refractivity contribution in [2.75, 3.05) is 82.6 Å². The molecule has 24 nitrogen and oxygen atoms in total. The molecule has 0 aromatic heterocycles. The molecule has 3 heterocycles. The topological polar surface area (TPSA) is 270 Å². The van der Waals surface area contributed by atoms with E-state index >= 15 is 32.8 Å². The monoisotopic (exact) mass is 1500 g/mol. The third-order valence-corrected chi connectivity index (χ3v) is 24.4. The van der Waals surface area contributed by atoms with Crippen molar-refractivity contribution in [2.24, 2.45) is 47.3 Å². The molecule has 0 radical (unpaired) electrons. The molecule has 7 aliphatic rings. The lowest BCUT2D eigenvalue weighted by molar-refractivity contribution is -0.219. The Morgan fingerprint density at radius 1 is 0.642 bits per heavy atom. The Kier molecular flexibility index (Phi) is 30.9. The van der Waals surface area contributed by atoms with E-state index in [0.717, 1.165) is 48.3 Å². The first kappa shape index (κ1) is 86.3. The Morgan fingerprint density at radius 3 is 1.85 bits per heavy atom. The molecule has 0 aromatic rings. The highest BCUT2D eigenvalue weighted by Crippen LogP contribution is 2.45. The van der Waals surface area contributed by atoms with E-state index < -0.39 is 199 Å². The Morgan fingerprint density at radius 2 is 1.27 bits per heavy atom. The van der Waals surface area contributed by atoms with Crippen LogP contribution >= 0.6 is 0 Å². The van der Waals surface area contributed by atoms with Crippen LogP contribution in [-0.2, 0) is 57.5 Å². The summed E-state index contributed by atoms with van der Waals surface area (Å²) in [4.78, 5) is 192. The maximum Gasteiger partial charge on any atom is 0.397 e. The number of halogens is 5. The summed E-state index contributed by atoms with van der Waals surface area (Å²) in [6, 6.07) is -9.75. The van der Waals surface area contributed by atoms with Gasteiger partial charge in [0.25, 0.3) is 0 Å². The highest BCUT2D eigenvalue weighted by atomic mass is 19.4. The lowest BCUT2D eigenvalue weighted by Crippen LogP contribution is -2.67. The van der Waals surface area contributed by atoms with Crippen molar-refractivity contribution >= 4 is 70.9 Å². The van der Waals surface area contributed by atoms with Crippen molar-refractivity contribution in [1.82, 2.24) is 60.0 Å². The minimum Gasteiger partial charge on any atom is -0.347 e. The molecular weight excluding hydrogens is 1380 g/mol. The summed E-state index contributed by atoms with van der Waals surface area (Å²) in [7, 11) is 11.5. The molecule has 6 fully saturated rings. The van der Waals surface area contributed by atoms with Gasteiger partial charge in [-0.25, -0.2) is 8.78 Å². The molecule has 0 aromatic carbocycles. The minimum atomic E-state index is -5.15. The van der Waals surface area contributed by atoms with Gasteiger partial charge >= 0.3 is 6.18 Å². The van der Waals surface area contributed by atoms with E-state index in [9.17, 15) is 46.7 Å². The van der Waals surface area contributed by atoms with Crippen LogP contribution in [0.25, 0.3) is 0 Å². The van der Waals surface area contributed by atoms with Crippen LogP contribution in [0.3, 0.4) is 0 Å². The maximum atomic E-state index is 15.5. The van der Waals surface area contributed by atoms with Gasteiger partial charge in [-0.15, -0.1) is 0 Å². The molecule has 106 heavy (non-hydrogen) atoms. The second-order valence-electron chi connectivity index (χ2n) is 33.0. The van der Waals surface area contributed by atoms with Crippen LogP contribution in [0.5, 0.6) is 0 Å². The molecule has 598 valence electrons. The summed E-state index contributed by atoms with van der Waals surface area (Å²) in [5.74, 6) is -12.5. The third-order valence-electron chi connectivity index (χ3n) is 24.4. The van der Waals surface area contributed by atoms with E-state index in [1.165, 1.54) is 90.7 Å². The summed E-state index contributed by atoms with van der Waals surface area (Å²) >= 11 is 0. The molecule has 2 bridgehead atoms. The number of hydrogen-bond acceptors (Lipinski definition) is 12. The summed E-state index contributed by atoms with van der Waals surface area (Å²) in [6.07, 6.45) is -0.114. The number of hydrogen-bond donors (Lipinski definition) is 3. The Labute approximate surface area is 624 Å². The normalized spacial score (nSPS) is 32.3. The van der Waals surface area contributed by atoms with Gasteiger partial charge < -0.3 is 60.0 Å². The zero-order valence-corrected chi connectivity index (χ0v) is 65.4. The number of nitrogens with one attached hydrogen (secondary N) is 3. The Balaban J connectivity index is 1.30. The Hall–Kier alpha value is -6.97. The predicted octanol–water partition coefficient (Wildman–Crippen LogP) is 7.21. The smallest absolute Gasteiger partial charge is 0.347 e. The van der Waals surface area contributed by atoms with E-state index in [2.05, 4.69) is 22.9 Å². The van der Waals surface area contributed by atoms with Crippen LogP contribution in [0.15, 0.2) is 12.2 Å². The molecule has 7 rings (SSSR count). The Bertz CT molecular complexity index is 3130. The summed E-state index contributed by atoms with van der Waals surface area (Å²) in [6.45, 7) is 10.3. The van der Waals surface area contributed by atoms with Gasteiger partial charge in [-0.1, -0.05) is 105 Å². The van der Waals surface area contributed by atoms with Crippen molar-refractivity contribution in [1.29, 1.82) is 0 Å². The van der Waals surface area contributed by atoms with Crippen LogP contribution in [0.1, 0.15) is 202 Å². The first-order valence-electron chi connectivity index (χ1n) is 39.1. The van der Waals surface area contributed by atoms with Crippen molar-refractivity contribution in [2.45, 2.75) is 274 Å². The predicted molar refractivity (Wildman–Crippen MR) is 388 cm³/mol. The van der Waals surface area contributed by atoms with Gasteiger partial charge in [0, 0.05) is 81.9 Å². The van der Waals surface area contributed by atoms with Gasteiger partial charge in [0.15, 0.2) is 0 Å². The highest BCUT2D eigenvalue weighted by Gasteiger charge is 2.55. The fraction of sp³-hybridized carbons (Fsp3) is 0.818. The SMILES string of the molecule is CCC[C@@H]1C[C@H]2CC(=O)NC3(CCC3)C(=O)N(C)[C@@H](C3CCCC3)C(=O)N(C)[C@H](C(=O)N(C)C)CC(=O)N(C)[C@@H](CC(C)C)C(=O)N[C@@H]([C@@H](C)CC)C(=O)N(C)CC(=O)N(C)[C@H]3C/C=C\CCN(C3=O)[C@@H](CC3CCC(C)CC3)C(=O)N(C)CC(=O)N[C@@H](CCC3CC(F)C(C(F)(F)F)C(F)C3)C(=O)N2C1. The second-order valence-corrected chi connectivity index (χ2v) is 33.0. The third kappa shape index (κ3) is 21.3. The standard InChI is InChI=1S/C77H123F5N12O12/c1-15-23-51-37-53-41-61(95)85-76(33-22-34-76)75(106)92(14)67(52-24-19-20-25-52)74(105)91(13)59(70(101)86(7)8)42-63(97)90(12)58(36-46(3)4)68(99)84-66(48(6)16-2)73(104)88(10)45-64(98)89(11)57-26-18-17-21-35-93(72(57)103)60(40-49-29-27-47(5)28-30-49)71(102)87(9)44-62(96)83-56(69(100)94(53)43-51)32-31-50-38-54(78)65(55(79)39-50)77(80,81)82/h17-18,46-60,65-67H,15-16,19-45H2,1-14H3,(H,83,96)(H,84,99)(H,85,95)/b18-17-/t47?,48-,49?,50?,51+,53-,54?,55?,56-,57-,58-,59-,60-,65?,66-,67-/m0/s1. The highest BCUT2D eigenvalue weighted by molar-refractivity contribution is 6.00. The van der Waals surface area contributed by atoms with Crippen molar-refractivity contribution in [3.63, 3.8) is 0 Å². The second kappa shape index (κ2) is 37.9. The van der Waals surface area contributed by atoms with Gasteiger partial charge in [-0.05, 0) is 138 Å². The average Bonchev–Trinajstić information content (AvgIpc) is 0.810. The number of fused-ring (bicyclic) bond motifs is 3. The van der Waals surface area contributed by atoms with E-state index in [4.69, 9.17) is 0 Å². The fourth-order valence-corrected chi connectivity index (χ4v) is 17.5. The number of amides is 12. The fourth-order valence-electron chi connectivity index (χ4n) is 17.5. The molecule has 29 heteroatoms. The van der Waals surface area contributed by atoms with Crippen LogP contribution in [0, 0.1) is 47.3 Å². The van der Waals surface area contributed by atoms with E-state index in [1.807, 2.05) is 33.8 Å². The number of alkyl halides is 5. The molecule has 1 spiro atoms. The summed E-state index contributed by atoms with van der Waals surface area (Å²) in [5, 5.41) is 8.72. The zero-order chi connectivity index (χ0) is 78.6. The number of nitrogens with zero attached hydrogens (tertiary/aromatic N) is 9. The number of rotatable bonds is 13. The van der Waals surface area contributed by atoms with E-state index in [1.54, 1.807) is 13.0 Å². The quantitative estimate of drug-likeness (QED) is 0.122. The van der Waals surface area contributed by atoms with Gasteiger partial charge in [0.05, 0.1) is 19.5 Å². The largest absolute Gasteiger partial charge is 0.397 e. The lowest BCUT2D eigenvalue weighted by atomic mass is 9.74. The van der Waals surface area contributed by atoms with E-state index in [0.29, 0.717) is 57.3 Å². The van der Waals surface area contributed by atoms with Gasteiger partial charge in [0.2, 0.25) is 70.9 Å². The summed E-state index contributed by atoms with van der Waals surface area (Å²) < 4.78 is 72.8. The first-order chi connectivity index (χ1) is 49.8. The summed E-state index contributed by atoms with van der Waals surface area (Å²) in [5.41, 5.74) is -1.51. The van der Waals surface area contributed by atoms with Crippen LogP contribution in [-0.4, -0.2) is 270 Å². The molecule has 4 aliphatic carbocycles. The molecule has 3 aliphatic heterocycles. The van der Waals surface area contributed by atoms with Crippen molar-refractivity contribution in [3.05, 3.63) is 12.2 Å². The number of carbonyl (C=O) groups is 12. The van der Waals surface area contributed by atoms with Crippen LogP contribution in [0.2, 0.25) is 0 Å². The van der Waals surface area contributed by atoms with Crippen LogP contribution < -0.4 is 16.0 Å². The van der Waals surface area contributed by atoms with E-state index in [-0.39, 0.29) is 82.2 Å². The van der Waals surface area contributed by atoms with Gasteiger partial charge in [-0.2, -0.15) is 13.2 Å². The molecule has 12 atom stereocenters. The molecule has 4 saturated carbocycles. The van der Waals surface area contributed by atoms with Gasteiger partial charge in [-0.3, -0.25) is 57.5 Å². The number of likely N-dealkylation sites (N-methyl/N-ethyl adjacent to an activating group) is 7. The zero-order valence-electron chi connectivity index (χ0n) is 65.4. The van der Waals surface area contributed by atoms with Crippen molar-refractivity contribution in [3.8, 4) is 0 Å². The molecule has 2 unspecified atom stereocenters. The first-order valence-corrected chi connectivity index (χ1v) is 39.1. The average molecular weight is 1500 g/mol. The van der Waals surface area contributed by atoms with Crippen molar-refractivity contribution < 1.29 is 79.5 Å². The minimum absolute atomic E-state index is 0.0265. The lowest BCUT2D eigenvalue weighted by Gasteiger charge is -2.46.